The van der Waals surface area contributed by atoms with Crippen LogP contribution in [-0.4, -0.2) is 0 Å². The Kier molecular flexibility index (Phi) is 12.2. The fourth-order valence-corrected chi connectivity index (χ4v) is 11.6. The zero-order valence-corrected chi connectivity index (χ0v) is 45.0. The van der Waals surface area contributed by atoms with Crippen LogP contribution in [0, 0.1) is 13.8 Å². The van der Waals surface area contributed by atoms with Gasteiger partial charge in [-0.15, -0.1) is 0 Å². The van der Waals surface area contributed by atoms with Gasteiger partial charge in [0.15, 0.2) is 0 Å². The number of benzene rings is 12. The van der Waals surface area contributed by atoms with Gasteiger partial charge < -0.3 is 9.80 Å². The molecule has 0 saturated carbocycles. The van der Waals surface area contributed by atoms with Crippen molar-refractivity contribution in [2.75, 3.05) is 9.80 Å². The number of aryl methyl sites for hydroxylation is 2. The summed E-state index contributed by atoms with van der Waals surface area (Å²) in [7, 11) is 0. The Labute approximate surface area is 449 Å². The van der Waals surface area contributed by atoms with Crippen LogP contribution < -0.4 is 9.80 Å². The van der Waals surface area contributed by atoms with Gasteiger partial charge in [0.2, 0.25) is 0 Å². The number of anilines is 6. The average molecular weight is 981 g/mol. The van der Waals surface area contributed by atoms with E-state index >= 15 is 0 Å². The van der Waals surface area contributed by atoms with Gasteiger partial charge in [-0.3, -0.25) is 0 Å². The molecule has 0 atom stereocenters. The van der Waals surface area contributed by atoms with Crippen LogP contribution in [0.5, 0.6) is 0 Å². The highest BCUT2D eigenvalue weighted by atomic mass is 15.2. The molecular weight excluding hydrogens is 917 g/mol. The zero-order chi connectivity index (χ0) is 52.3. The van der Waals surface area contributed by atoms with Gasteiger partial charge in [0.1, 0.15) is 0 Å². The Morgan fingerprint density at radius 1 is 0.250 bits per heavy atom. The standard InChI is InChI=1S/C74H64N2/c1-49-29-31-57(51-21-13-9-14-22-51)45-67(49)75(69-47-59(53-25-17-11-18-26-53)35-41-63(69)73(3,4)5)65-43-37-55-34-40-62-66(44-38-56-33-39-61(65)71(55)72(56)62)76(68-46-58(32-30-50(68)2)52-23-15-10-16-24-52)70-48-60(54-27-19-12-20-28-54)36-42-64(70)74(6,7)8/h9-48H,1-8H3. The topological polar surface area (TPSA) is 6.48 Å². The van der Waals surface area contributed by atoms with Crippen LogP contribution in [0.15, 0.2) is 243 Å². The molecular formula is C74H64N2. The second-order valence-corrected chi connectivity index (χ2v) is 22.7. The van der Waals surface area contributed by atoms with Gasteiger partial charge in [0, 0.05) is 22.1 Å². The Morgan fingerprint density at radius 3 is 0.855 bits per heavy atom. The lowest BCUT2D eigenvalue weighted by molar-refractivity contribution is 0.591. The van der Waals surface area contributed by atoms with Crippen molar-refractivity contribution in [1.29, 1.82) is 0 Å². The van der Waals surface area contributed by atoms with E-state index in [2.05, 4.69) is 308 Å². The minimum absolute atomic E-state index is 0.171. The van der Waals surface area contributed by atoms with Gasteiger partial charge in [-0.05, 0) is 149 Å². The van der Waals surface area contributed by atoms with Gasteiger partial charge >= 0.3 is 0 Å². The van der Waals surface area contributed by atoms with Crippen LogP contribution in [0.1, 0.15) is 63.8 Å². The summed E-state index contributed by atoms with van der Waals surface area (Å²) in [5.74, 6) is 0. The maximum absolute atomic E-state index is 2.58. The van der Waals surface area contributed by atoms with Crippen molar-refractivity contribution in [2.45, 2.75) is 66.2 Å². The second kappa shape index (κ2) is 19.2. The highest BCUT2D eigenvalue weighted by molar-refractivity contribution is 6.28. The van der Waals surface area contributed by atoms with Crippen molar-refractivity contribution < 1.29 is 0 Å². The quantitative estimate of drug-likeness (QED) is 0.126. The summed E-state index contributed by atoms with van der Waals surface area (Å²) in [5.41, 5.74) is 21.1. The molecule has 0 aliphatic rings. The van der Waals surface area contributed by atoms with Crippen molar-refractivity contribution in [1.82, 2.24) is 0 Å². The lowest BCUT2D eigenvalue weighted by Gasteiger charge is -2.35. The van der Waals surface area contributed by atoms with Crippen LogP contribution in [-0.2, 0) is 10.8 Å². The van der Waals surface area contributed by atoms with Gasteiger partial charge in [0.25, 0.3) is 0 Å². The molecule has 0 amide bonds. The molecule has 0 unspecified atom stereocenters. The van der Waals surface area contributed by atoms with Gasteiger partial charge in [-0.25, -0.2) is 0 Å². The van der Waals surface area contributed by atoms with Crippen molar-refractivity contribution >= 4 is 66.4 Å². The number of hydrogen-bond donors (Lipinski definition) is 0. The molecule has 0 aliphatic heterocycles. The molecule has 76 heavy (non-hydrogen) atoms. The van der Waals surface area contributed by atoms with Crippen molar-refractivity contribution in [3.05, 3.63) is 265 Å². The lowest BCUT2D eigenvalue weighted by Crippen LogP contribution is -2.20. The number of nitrogens with zero attached hydrogens (tertiary/aromatic N) is 2. The van der Waals surface area contributed by atoms with Crippen molar-refractivity contribution in [2.24, 2.45) is 0 Å². The highest BCUT2D eigenvalue weighted by Crippen LogP contribution is 2.52. The van der Waals surface area contributed by atoms with Gasteiger partial charge in [-0.1, -0.05) is 248 Å². The van der Waals surface area contributed by atoms with E-state index in [0.29, 0.717) is 0 Å². The third-order valence-corrected chi connectivity index (χ3v) is 15.5. The van der Waals surface area contributed by atoms with E-state index in [4.69, 9.17) is 0 Å². The van der Waals surface area contributed by atoms with E-state index in [1.807, 2.05) is 0 Å². The summed E-state index contributed by atoms with van der Waals surface area (Å²) >= 11 is 0. The zero-order valence-electron chi connectivity index (χ0n) is 45.0. The number of hydrogen-bond acceptors (Lipinski definition) is 2. The average Bonchev–Trinajstić information content (AvgIpc) is 3.47. The van der Waals surface area contributed by atoms with Crippen LogP contribution in [0.4, 0.5) is 34.1 Å². The molecule has 0 N–H and O–H groups in total. The summed E-state index contributed by atoms with van der Waals surface area (Å²) in [4.78, 5) is 5.16. The summed E-state index contributed by atoms with van der Waals surface area (Å²) in [6.07, 6.45) is 0. The molecule has 0 heterocycles. The van der Waals surface area contributed by atoms with E-state index in [9.17, 15) is 0 Å². The van der Waals surface area contributed by atoms with E-state index in [-0.39, 0.29) is 10.8 Å². The molecule has 2 heteroatoms. The van der Waals surface area contributed by atoms with E-state index in [1.165, 1.54) is 110 Å². The highest BCUT2D eigenvalue weighted by Gasteiger charge is 2.30. The number of rotatable bonds is 10. The predicted molar refractivity (Wildman–Crippen MR) is 328 cm³/mol. The lowest BCUT2D eigenvalue weighted by atomic mass is 9.83. The molecule has 12 aromatic rings. The maximum Gasteiger partial charge on any atom is 0.0540 e. The first-order valence-electron chi connectivity index (χ1n) is 26.8. The molecule has 0 fully saturated rings. The summed E-state index contributed by atoms with van der Waals surface area (Å²) in [6, 6.07) is 90.3. The molecule has 0 aromatic heterocycles. The smallest absolute Gasteiger partial charge is 0.0540 e. The Morgan fingerprint density at radius 2 is 0.539 bits per heavy atom. The molecule has 0 spiro atoms. The molecule has 370 valence electrons. The molecule has 12 rings (SSSR count). The van der Waals surface area contributed by atoms with Gasteiger partial charge in [-0.2, -0.15) is 0 Å². The van der Waals surface area contributed by atoms with Crippen molar-refractivity contribution in [3.63, 3.8) is 0 Å². The first-order chi connectivity index (χ1) is 36.8. The monoisotopic (exact) mass is 981 g/mol. The summed E-state index contributed by atoms with van der Waals surface area (Å²) < 4.78 is 0. The third-order valence-electron chi connectivity index (χ3n) is 15.5. The Hall–Kier alpha value is -8.72. The largest absolute Gasteiger partial charge is 0.309 e. The van der Waals surface area contributed by atoms with Gasteiger partial charge in [0.05, 0.1) is 22.7 Å². The van der Waals surface area contributed by atoms with Crippen LogP contribution >= 0.6 is 0 Å². The third kappa shape index (κ3) is 8.78. The minimum atomic E-state index is -0.171. The second-order valence-electron chi connectivity index (χ2n) is 22.7. The molecule has 12 aromatic carbocycles. The van der Waals surface area contributed by atoms with E-state index in [0.717, 1.165) is 22.7 Å². The predicted octanol–water partition coefficient (Wildman–Crippen LogP) is 21.4. The molecule has 0 bridgehead atoms. The van der Waals surface area contributed by atoms with Crippen molar-refractivity contribution in [3.8, 4) is 44.5 Å². The molecule has 2 nitrogen and oxygen atoms in total. The SMILES string of the molecule is Cc1ccc(-c2ccccc2)cc1N(c1cc(-c2ccccc2)ccc1C(C)(C)C)c1ccc2ccc3c(N(c4cc(-c5ccccc5)ccc4C)c4cc(-c5ccccc5)ccc4C(C)(C)C)ccc4ccc1c2c43. The Balaban J connectivity index is 1.16. The minimum Gasteiger partial charge on any atom is -0.309 e. The van der Waals surface area contributed by atoms with Crippen LogP contribution in [0.3, 0.4) is 0 Å². The fourth-order valence-electron chi connectivity index (χ4n) is 11.6. The maximum atomic E-state index is 2.58. The van der Waals surface area contributed by atoms with E-state index in [1.54, 1.807) is 0 Å². The fraction of sp³-hybridized carbons (Fsp3) is 0.135. The normalized spacial score (nSPS) is 11.9. The van der Waals surface area contributed by atoms with E-state index < -0.39 is 0 Å². The Bertz CT molecular complexity index is 3800. The first kappa shape index (κ1) is 48.2. The summed E-state index contributed by atoms with van der Waals surface area (Å²) in [5, 5.41) is 7.36. The first-order valence-corrected chi connectivity index (χ1v) is 26.8. The molecule has 0 aliphatic carbocycles. The summed E-state index contributed by atoms with van der Waals surface area (Å²) in [6.45, 7) is 18.6. The molecule has 0 radical (unpaired) electrons. The van der Waals surface area contributed by atoms with Crippen LogP contribution in [0.2, 0.25) is 0 Å². The van der Waals surface area contributed by atoms with Crippen LogP contribution in [0.25, 0.3) is 76.8 Å². The molecule has 0 saturated heterocycles.